The highest BCUT2D eigenvalue weighted by Crippen LogP contribution is 2.36. The number of nitrogens with zero attached hydrogens (tertiary/aromatic N) is 3. The first-order valence-electron chi connectivity index (χ1n) is 8.08. The second-order valence-electron chi connectivity index (χ2n) is 6.06. The van der Waals surface area contributed by atoms with E-state index < -0.39 is 18.9 Å². The molecule has 3 rings (SSSR count). The van der Waals surface area contributed by atoms with E-state index in [0.29, 0.717) is 14.9 Å². The van der Waals surface area contributed by atoms with Crippen LogP contribution in [0.25, 0.3) is 10.9 Å². The van der Waals surface area contributed by atoms with Gasteiger partial charge in [-0.05, 0) is 34.7 Å². The van der Waals surface area contributed by atoms with Crippen LogP contribution in [0.2, 0.25) is 0 Å². The van der Waals surface area contributed by atoms with Crippen molar-refractivity contribution in [2.75, 3.05) is 14.2 Å². The van der Waals surface area contributed by atoms with Crippen LogP contribution in [0.3, 0.4) is 0 Å². The maximum Gasteiger partial charge on any atom is 0.505 e. The molecule has 0 amide bonds. The first-order chi connectivity index (χ1) is 12.8. The van der Waals surface area contributed by atoms with Crippen LogP contribution in [-0.4, -0.2) is 45.9 Å². The minimum atomic E-state index is -1.59. The molecule has 1 unspecified atom stereocenters. The lowest BCUT2D eigenvalue weighted by molar-refractivity contribution is 0.353. The van der Waals surface area contributed by atoms with Gasteiger partial charge in [-0.1, -0.05) is 6.92 Å². The molecule has 0 saturated carbocycles. The highest BCUT2D eigenvalue weighted by molar-refractivity contribution is 14.1. The molecule has 7 nitrogen and oxygen atoms in total. The van der Waals surface area contributed by atoms with E-state index in [-0.39, 0.29) is 17.3 Å². The average molecular weight is 485 g/mol. The van der Waals surface area contributed by atoms with Crippen LogP contribution in [0.5, 0.6) is 11.6 Å². The zero-order valence-corrected chi connectivity index (χ0v) is 17.4. The summed E-state index contributed by atoms with van der Waals surface area (Å²) in [6, 6.07) is 3.45. The van der Waals surface area contributed by atoms with Crippen molar-refractivity contribution >= 4 is 46.2 Å². The van der Waals surface area contributed by atoms with Crippen LogP contribution in [0.15, 0.2) is 18.3 Å². The van der Waals surface area contributed by atoms with Crippen molar-refractivity contribution in [1.29, 1.82) is 0 Å². The molecule has 0 aliphatic rings. The maximum absolute atomic E-state index is 14.9. The summed E-state index contributed by atoms with van der Waals surface area (Å²) in [5.74, 6) is -0.675. The van der Waals surface area contributed by atoms with Gasteiger partial charge in [0.2, 0.25) is 5.88 Å². The van der Waals surface area contributed by atoms with E-state index in [4.69, 9.17) is 9.47 Å². The topological polar surface area (TPSA) is 89.6 Å². The number of hydrogen-bond acceptors (Lipinski definition) is 6. The van der Waals surface area contributed by atoms with Gasteiger partial charge in [-0.3, -0.25) is 4.98 Å². The summed E-state index contributed by atoms with van der Waals surface area (Å²) in [6.45, 7) is 1.79. The number of fused-ring (bicyclic) bond motifs is 1. The third-order valence-corrected chi connectivity index (χ3v) is 5.49. The molecule has 27 heavy (non-hydrogen) atoms. The Balaban J connectivity index is 2.12. The van der Waals surface area contributed by atoms with Gasteiger partial charge in [0.25, 0.3) is 0 Å². The van der Waals surface area contributed by atoms with Gasteiger partial charge in [0.05, 0.1) is 31.6 Å². The minimum Gasteiger partial charge on any atom is -0.492 e. The summed E-state index contributed by atoms with van der Waals surface area (Å²) in [4.78, 5) is 8.71. The summed E-state index contributed by atoms with van der Waals surface area (Å²) in [5.41, 5.74) is 1.83. The predicted molar refractivity (Wildman–Crippen MR) is 108 cm³/mol. The molecule has 0 fully saturated rings. The van der Waals surface area contributed by atoms with Crippen LogP contribution in [0, 0.1) is 9.39 Å². The Kier molecular flexibility index (Phi) is 5.59. The fraction of sp³-hybridized carbons (Fsp3) is 0.294. The Labute approximate surface area is 169 Å². The summed E-state index contributed by atoms with van der Waals surface area (Å²) >= 11 is 1.93. The van der Waals surface area contributed by atoms with E-state index in [0.717, 1.165) is 10.9 Å². The van der Waals surface area contributed by atoms with E-state index in [1.807, 2.05) is 22.6 Å². The lowest BCUT2D eigenvalue weighted by Gasteiger charge is -2.16. The van der Waals surface area contributed by atoms with Gasteiger partial charge in [-0.25, -0.2) is 9.37 Å². The quantitative estimate of drug-likeness (QED) is 0.422. The number of rotatable bonds is 5. The number of hydrogen-bond donors (Lipinski definition) is 2. The standard InChI is InChI=1S/C17H18BFIN3O4/c1-8(15-13(19)16(26-3)14(20)17(22-15)27-4)10-5-9-6-12(18(24)25)23(2)11(9)7-21-10/h5-8,24-25H,1-4H3. The van der Waals surface area contributed by atoms with Crippen molar-refractivity contribution in [3.63, 3.8) is 0 Å². The molecule has 0 aromatic carbocycles. The lowest BCUT2D eigenvalue weighted by atomic mass is 9.86. The Morgan fingerprint density at radius 1 is 1.26 bits per heavy atom. The van der Waals surface area contributed by atoms with E-state index in [2.05, 4.69) is 9.97 Å². The van der Waals surface area contributed by atoms with Gasteiger partial charge in [0, 0.05) is 29.6 Å². The Bertz CT molecular complexity index is 1010. The van der Waals surface area contributed by atoms with Crippen molar-refractivity contribution in [3.8, 4) is 11.6 Å². The largest absolute Gasteiger partial charge is 0.505 e. The number of ether oxygens (including phenoxy) is 2. The Hall–Kier alpha value is -1.92. The number of aromatic nitrogens is 3. The molecule has 3 aromatic rings. The van der Waals surface area contributed by atoms with Gasteiger partial charge >= 0.3 is 7.12 Å². The second-order valence-corrected chi connectivity index (χ2v) is 7.14. The Morgan fingerprint density at radius 3 is 2.56 bits per heavy atom. The zero-order valence-electron chi connectivity index (χ0n) is 15.2. The summed E-state index contributed by atoms with van der Waals surface area (Å²) in [5, 5.41) is 19.7. The highest BCUT2D eigenvalue weighted by Gasteiger charge is 2.26. The number of halogens is 2. The van der Waals surface area contributed by atoms with Crippen molar-refractivity contribution in [2.24, 2.45) is 7.05 Å². The van der Waals surface area contributed by atoms with Crippen LogP contribution < -0.4 is 15.1 Å². The number of aryl methyl sites for hydroxylation is 1. The van der Waals surface area contributed by atoms with Crippen LogP contribution in [0.1, 0.15) is 24.2 Å². The molecule has 3 aromatic heterocycles. The van der Waals surface area contributed by atoms with Gasteiger partial charge in [0.1, 0.15) is 3.57 Å². The molecule has 1 atom stereocenters. The van der Waals surface area contributed by atoms with E-state index >= 15 is 0 Å². The van der Waals surface area contributed by atoms with Crippen molar-refractivity contribution in [2.45, 2.75) is 12.8 Å². The normalized spacial score (nSPS) is 12.3. The van der Waals surface area contributed by atoms with Crippen LogP contribution >= 0.6 is 22.6 Å². The lowest BCUT2D eigenvalue weighted by Crippen LogP contribution is -2.34. The summed E-state index contributed by atoms with van der Waals surface area (Å²) in [6.07, 6.45) is 1.62. The van der Waals surface area contributed by atoms with E-state index in [1.54, 1.807) is 36.9 Å². The highest BCUT2D eigenvalue weighted by atomic mass is 127. The average Bonchev–Trinajstić information content (AvgIpc) is 2.98. The molecule has 0 spiro atoms. The molecule has 3 heterocycles. The molecule has 0 radical (unpaired) electrons. The SMILES string of the molecule is COc1nc(C(C)c2cc3cc(B(O)O)n(C)c3cn2)c(F)c(OC)c1I. The fourth-order valence-corrected chi connectivity index (χ4v) is 3.81. The molecule has 10 heteroatoms. The van der Waals surface area contributed by atoms with Gasteiger partial charge in [-0.15, -0.1) is 0 Å². The van der Waals surface area contributed by atoms with Gasteiger partial charge < -0.3 is 24.1 Å². The van der Waals surface area contributed by atoms with Gasteiger partial charge in [-0.2, -0.15) is 0 Å². The second kappa shape index (κ2) is 7.60. The molecular weight excluding hydrogens is 467 g/mol. The molecule has 2 N–H and O–H groups in total. The first kappa shape index (κ1) is 19.8. The van der Waals surface area contributed by atoms with E-state index in [1.165, 1.54) is 14.2 Å². The predicted octanol–water partition coefficient (Wildman–Crippen LogP) is 1.56. The zero-order chi connectivity index (χ0) is 19.9. The molecule has 0 aliphatic heterocycles. The summed E-state index contributed by atoms with van der Waals surface area (Å²) < 4.78 is 27.5. The monoisotopic (exact) mass is 485 g/mol. The molecule has 0 aliphatic carbocycles. The molecule has 0 bridgehead atoms. The first-order valence-corrected chi connectivity index (χ1v) is 9.16. The molecule has 0 saturated heterocycles. The number of pyridine rings is 2. The fourth-order valence-electron chi connectivity index (χ4n) is 3.02. The molecular formula is C17H18BFIN3O4. The van der Waals surface area contributed by atoms with Gasteiger partial charge in [0.15, 0.2) is 11.6 Å². The maximum atomic E-state index is 14.9. The van der Waals surface area contributed by atoms with Crippen LogP contribution in [0.4, 0.5) is 4.39 Å². The summed E-state index contributed by atoms with van der Waals surface area (Å²) in [7, 11) is 2.99. The minimum absolute atomic E-state index is 0.0794. The van der Waals surface area contributed by atoms with E-state index in [9.17, 15) is 14.4 Å². The van der Waals surface area contributed by atoms with Crippen molar-refractivity contribution in [3.05, 3.63) is 39.1 Å². The third kappa shape index (κ3) is 3.36. The van der Waals surface area contributed by atoms with Crippen molar-refractivity contribution < 1.29 is 23.9 Å². The molecule has 142 valence electrons. The number of methoxy groups -OCH3 is 2. The van der Waals surface area contributed by atoms with Crippen molar-refractivity contribution in [1.82, 2.24) is 14.5 Å². The third-order valence-electron chi connectivity index (χ3n) is 4.54. The smallest absolute Gasteiger partial charge is 0.492 e. The van der Waals surface area contributed by atoms with Crippen LogP contribution in [-0.2, 0) is 7.05 Å². The Morgan fingerprint density at radius 2 is 1.96 bits per heavy atom.